The molecule has 31 heavy (non-hydrogen) atoms. The molecule has 0 aliphatic rings. The number of nitro benzene ring substituents is 1. The molecular weight excluding hydrogens is 422 g/mol. The maximum atomic E-state index is 12.5. The maximum absolute atomic E-state index is 12.5. The van der Waals surface area contributed by atoms with Crippen LogP contribution in [0.5, 0.6) is 0 Å². The molecule has 2 amide bonds. The van der Waals surface area contributed by atoms with Gasteiger partial charge in [-0.05, 0) is 18.2 Å². The minimum atomic E-state index is -0.719. The number of para-hydroxylation sites is 1. The number of nitrogens with two attached hydrogens (primary N) is 1. The number of non-ortho nitro benzene ring substituents is 1. The molecule has 11 nitrogen and oxygen atoms in total. The number of nitrogens with one attached hydrogen (secondary N) is 2. The third-order valence-electron chi connectivity index (χ3n) is 4.29. The molecule has 4 aromatic rings. The summed E-state index contributed by atoms with van der Waals surface area (Å²) in [5, 5.41) is 18.2. The molecule has 0 atom stereocenters. The summed E-state index contributed by atoms with van der Waals surface area (Å²) in [5.41, 5.74) is 7.13. The number of hydrogen-bond donors (Lipinski definition) is 3. The van der Waals surface area contributed by atoms with Crippen molar-refractivity contribution < 1.29 is 14.5 Å². The number of carbonyl (C=O) groups excluding carboxylic acids is 2. The van der Waals surface area contributed by atoms with Gasteiger partial charge in [-0.15, -0.1) is 0 Å². The first kappa shape index (κ1) is 20.1. The van der Waals surface area contributed by atoms with Gasteiger partial charge in [0.25, 0.3) is 11.6 Å². The molecule has 0 aliphatic carbocycles. The fourth-order valence-electron chi connectivity index (χ4n) is 2.87. The van der Waals surface area contributed by atoms with E-state index >= 15 is 0 Å². The Morgan fingerprint density at radius 2 is 2.00 bits per heavy atom. The van der Waals surface area contributed by atoms with Gasteiger partial charge in [0.15, 0.2) is 5.16 Å². The minimum Gasteiger partial charge on any atom is -0.365 e. The highest BCUT2D eigenvalue weighted by molar-refractivity contribution is 7.99. The molecular formula is C19H15N7O4S. The molecule has 0 radical (unpaired) electrons. The van der Waals surface area contributed by atoms with E-state index in [1.807, 2.05) is 6.07 Å². The Labute approximate surface area is 178 Å². The van der Waals surface area contributed by atoms with Gasteiger partial charge in [-0.25, -0.2) is 9.67 Å². The number of fused-ring (bicyclic) bond motifs is 1. The Kier molecular flexibility index (Phi) is 5.37. The van der Waals surface area contributed by atoms with Crippen LogP contribution in [-0.2, 0) is 4.79 Å². The predicted octanol–water partition coefficient (Wildman–Crippen LogP) is 2.49. The lowest BCUT2D eigenvalue weighted by Gasteiger charge is -2.10. The van der Waals surface area contributed by atoms with Crippen molar-refractivity contribution in [2.24, 2.45) is 5.73 Å². The number of nitro groups is 1. The number of primary amides is 1. The van der Waals surface area contributed by atoms with Crippen LogP contribution in [0.4, 0.5) is 11.5 Å². The van der Waals surface area contributed by atoms with Crippen molar-refractivity contribution in [3.05, 3.63) is 70.4 Å². The fourth-order valence-corrected chi connectivity index (χ4v) is 3.56. The first-order chi connectivity index (χ1) is 14.9. The number of hydrogen-bond acceptors (Lipinski definition) is 7. The summed E-state index contributed by atoms with van der Waals surface area (Å²) in [7, 11) is 0. The standard InChI is InChI=1S/C19H15N7O4S/c20-17(28)13-9-21-25(11-4-2-1-3-5-11)18(13)24-16(27)10-31-19-22-14-7-6-12(26(29)30)8-15(14)23-19/h1-9H,10H2,(H2,20,28)(H,22,23)(H,24,27). The second kappa shape index (κ2) is 8.28. The van der Waals surface area contributed by atoms with Gasteiger partial charge < -0.3 is 16.0 Å². The summed E-state index contributed by atoms with van der Waals surface area (Å²) in [6.45, 7) is 0. The van der Waals surface area contributed by atoms with Gasteiger partial charge in [-0.2, -0.15) is 5.10 Å². The summed E-state index contributed by atoms with van der Waals surface area (Å²) >= 11 is 1.11. The third-order valence-corrected chi connectivity index (χ3v) is 5.16. The first-order valence-electron chi connectivity index (χ1n) is 8.92. The lowest BCUT2D eigenvalue weighted by Crippen LogP contribution is -2.21. The smallest absolute Gasteiger partial charge is 0.271 e. The Balaban J connectivity index is 1.50. The van der Waals surface area contributed by atoms with E-state index in [1.54, 1.807) is 24.3 Å². The van der Waals surface area contributed by atoms with E-state index in [4.69, 9.17) is 5.73 Å². The van der Waals surface area contributed by atoms with E-state index in [1.165, 1.54) is 29.1 Å². The Morgan fingerprint density at radius 1 is 1.23 bits per heavy atom. The number of H-pyrrole nitrogens is 1. The molecule has 12 heteroatoms. The van der Waals surface area contributed by atoms with Gasteiger partial charge in [0.05, 0.1) is 33.6 Å². The van der Waals surface area contributed by atoms with E-state index in [0.717, 1.165) is 11.8 Å². The molecule has 0 bridgehead atoms. The van der Waals surface area contributed by atoms with Crippen molar-refractivity contribution >= 4 is 46.1 Å². The lowest BCUT2D eigenvalue weighted by atomic mass is 10.3. The van der Waals surface area contributed by atoms with Gasteiger partial charge in [0.1, 0.15) is 11.4 Å². The number of nitrogens with zero attached hydrogens (tertiary/aromatic N) is 4. The Bertz CT molecular complexity index is 1300. The van der Waals surface area contributed by atoms with Gasteiger partial charge in [-0.1, -0.05) is 30.0 Å². The van der Waals surface area contributed by atoms with Crippen LogP contribution in [0.3, 0.4) is 0 Å². The summed E-state index contributed by atoms with van der Waals surface area (Å²) < 4.78 is 1.42. The number of imidazole rings is 1. The largest absolute Gasteiger partial charge is 0.365 e. The van der Waals surface area contributed by atoms with Gasteiger partial charge in [-0.3, -0.25) is 19.7 Å². The number of carbonyl (C=O) groups is 2. The van der Waals surface area contributed by atoms with Crippen molar-refractivity contribution in [1.82, 2.24) is 19.7 Å². The van der Waals surface area contributed by atoms with Crippen molar-refractivity contribution in [1.29, 1.82) is 0 Å². The van der Waals surface area contributed by atoms with Crippen LogP contribution >= 0.6 is 11.8 Å². The number of anilines is 1. The minimum absolute atomic E-state index is 0.0277. The van der Waals surface area contributed by atoms with Crippen molar-refractivity contribution in [2.45, 2.75) is 5.16 Å². The molecule has 0 saturated carbocycles. The molecule has 2 heterocycles. The van der Waals surface area contributed by atoms with E-state index < -0.39 is 16.7 Å². The summed E-state index contributed by atoms with van der Waals surface area (Å²) in [4.78, 5) is 42.0. The Hall–Kier alpha value is -4.19. The topological polar surface area (TPSA) is 162 Å². The van der Waals surface area contributed by atoms with Crippen LogP contribution in [0.15, 0.2) is 59.9 Å². The molecule has 2 aromatic carbocycles. The van der Waals surface area contributed by atoms with Gasteiger partial charge in [0.2, 0.25) is 5.91 Å². The monoisotopic (exact) mass is 437 g/mol. The Morgan fingerprint density at radius 3 is 2.71 bits per heavy atom. The number of rotatable bonds is 7. The number of aromatic nitrogens is 4. The summed E-state index contributed by atoms with van der Waals surface area (Å²) in [6, 6.07) is 13.3. The molecule has 4 N–H and O–H groups in total. The molecule has 0 fully saturated rings. The zero-order chi connectivity index (χ0) is 22.0. The molecule has 0 aliphatic heterocycles. The van der Waals surface area contributed by atoms with Crippen LogP contribution in [-0.4, -0.2) is 42.2 Å². The third kappa shape index (κ3) is 4.23. The van der Waals surface area contributed by atoms with Gasteiger partial charge >= 0.3 is 0 Å². The zero-order valence-corrected chi connectivity index (χ0v) is 16.6. The number of aromatic amines is 1. The second-order valence-corrected chi connectivity index (χ2v) is 7.32. The quantitative estimate of drug-likeness (QED) is 0.227. The molecule has 0 unspecified atom stereocenters. The SMILES string of the molecule is NC(=O)c1cnn(-c2ccccc2)c1NC(=O)CSc1nc2ccc([N+](=O)[O-])cc2[nH]1. The average Bonchev–Trinajstić information content (AvgIpc) is 3.36. The predicted molar refractivity (Wildman–Crippen MR) is 114 cm³/mol. The molecule has 4 rings (SSSR count). The average molecular weight is 437 g/mol. The van der Waals surface area contributed by atoms with E-state index in [0.29, 0.717) is 21.9 Å². The van der Waals surface area contributed by atoms with E-state index in [9.17, 15) is 19.7 Å². The van der Waals surface area contributed by atoms with E-state index in [-0.39, 0.29) is 22.8 Å². The highest BCUT2D eigenvalue weighted by atomic mass is 32.2. The number of benzene rings is 2. The van der Waals surface area contributed by atoms with Crippen LogP contribution < -0.4 is 11.1 Å². The highest BCUT2D eigenvalue weighted by Gasteiger charge is 2.19. The highest BCUT2D eigenvalue weighted by Crippen LogP contribution is 2.24. The lowest BCUT2D eigenvalue weighted by molar-refractivity contribution is -0.384. The normalized spacial score (nSPS) is 10.8. The van der Waals surface area contributed by atoms with Crippen LogP contribution in [0.25, 0.3) is 16.7 Å². The molecule has 2 aromatic heterocycles. The van der Waals surface area contributed by atoms with Crippen LogP contribution in [0, 0.1) is 10.1 Å². The molecule has 0 spiro atoms. The van der Waals surface area contributed by atoms with Crippen LogP contribution in [0.2, 0.25) is 0 Å². The van der Waals surface area contributed by atoms with Crippen LogP contribution in [0.1, 0.15) is 10.4 Å². The van der Waals surface area contributed by atoms with Crippen molar-refractivity contribution in [3.8, 4) is 5.69 Å². The summed E-state index contributed by atoms with van der Waals surface area (Å²) in [6.07, 6.45) is 1.30. The fraction of sp³-hybridized carbons (Fsp3) is 0.0526. The zero-order valence-electron chi connectivity index (χ0n) is 15.8. The molecule has 0 saturated heterocycles. The summed E-state index contributed by atoms with van der Waals surface area (Å²) in [5.74, 6) is -0.981. The van der Waals surface area contributed by atoms with Crippen molar-refractivity contribution in [3.63, 3.8) is 0 Å². The first-order valence-corrected chi connectivity index (χ1v) is 9.91. The number of amides is 2. The molecule has 156 valence electrons. The number of thioether (sulfide) groups is 1. The van der Waals surface area contributed by atoms with Gasteiger partial charge in [0, 0.05) is 12.1 Å². The maximum Gasteiger partial charge on any atom is 0.271 e. The van der Waals surface area contributed by atoms with Crippen molar-refractivity contribution in [2.75, 3.05) is 11.1 Å². The van der Waals surface area contributed by atoms with E-state index in [2.05, 4.69) is 20.4 Å². The second-order valence-electron chi connectivity index (χ2n) is 6.36.